The van der Waals surface area contributed by atoms with E-state index in [0.717, 1.165) is 13.2 Å². The molecular formula is C11H24N2O. The highest BCUT2D eigenvalue weighted by atomic mass is 16.5. The second-order valence-corrected chi connectivity index (χ2v) is 5.17. The van der Waals surface area contributed by atoms with E-state index in [1.807, 2.05) is 0 Å². The molecule has 3 nitrogen and oxygen atoms in total. The molecule has 1 saturated heterocycles. The summed E-state index contributed by atoms with van der Waals surface area (Å²) < 4.78 is 5.08. The monoisotopic (exact) mass is 200 g/mol. The van der Waals surface area contributed by atoms with Crippen LogP contribution in [0.2, 0.25) is 0 Å². The smallest absolute Gasteiger partial charge is 0.0589 e. The molecule has 0 radical (unpaired) electrons. The van der Waals surface area contributed by atoms with Crippen LogP contribution in [0, 0.1) is 0 Å². The summed E-state index contributed by atoms with van der Waals surface area (Å²) in [5, 5.41) is 3.64. The van der Waals surface area contributed by atoms with E-state index in [1.54, 1.807) is 7.11 Å². The Hall–Kier alpha value is -0.120. The Morgan fingerprint density at radius 3 is 2.71 bits per heavy atom. The van der Waals surface area contributed by atoms with Crippen molar-refractivity contribution < 1.29 is 4.74 Å². The maximum Gasteiger partial charge on any atom is 0.0589 e. The van der Waals surface area contributed by atoms with Crippen molar-refractivity contribution in [3.05, 3.63) is 0 Å². The summed E-state index contributed by atoms with van der Waals surface area (Å²) in [6.45, 7) is 11.0. The van der Waals surface area contributed by atoms with Crippen LogP contribution in [-0.2, 0) is 4.74 Å². The van der Waals surface area contributed by atoms with Crippen LogP contribution in [0.4, 0.5) is 0 Å². The molecule has 1 aliphatic heterocycles. The zero-order chi connectivity index (χ0) is 10.6. The highest BCUT2D eigenvalue weighted by molar-refractivity contribution is 4.85. The molecule has 0 aromatic rings. The summed E-state index contributed by atoms with van der Waals surface area (Å²) in [7, 11) is 1.76. The summed E-state index contributed by atoms with van der Waals surface area (Å²) in [4.78, 5) is 2.47. The molecule has 84 valence electrons. The molecule has 1 rings (SSSR count). The molecule has 0 aliphatic carbocycles. The third-order valence-corrected chi connectivity index (χ3v) is 2.52. The Morgan fingerprint density at radius 2 is 2.14 bits per heavy atom. The molecule has 0 spiro atoms. The van der Waals surface area contributed by atoms with Gasteiger partial charge in [0.15, 0.2) is 0 Å². The molecule has 1 N–H and O–H groups in total. The van der Waals surface area contributed by atoms with Gasteiger partial charge in [0.25, 0.3) is 0 Å². The third kappa shape index (κ3) is 4.40. The van der Waals surface area contributed by atoms with Gasteiger partial charge in [-0.3, -0.25) is 4.90 Å². The first-order valence-corrected chi connectivity index (χ1v) is 5.50. The van der Waals surface area contributed by atoms with Gasteiger partial charge in [-0.2, -0.15) is 0 Å². The van der Waals surface area contributed by atoms with Crippen molar-refractivity contribution in [3.8, 4) is 0 Å². The van der Waals surface area contributed by atoms with Crippen molar-refractivity contribution in [2.24, 2.45) is 0 Å². The summed E-state index contributed by atoms with van der Waals surface area (Å²) in [5.41, 5.74) is 0.238. The fourth-order valence-electron chi connectivity index (χ4n) is 1.99. The van der Waals surface area contributed by atoms with Crippen LogP contribution in [0.25, 0.3) is 0 Å². The van der Waals surface area contributed by atoms with Gasteiger partial charge in [0, 0.05) is 31.8 Å². The van der Waals surface area contributed by atoms with Crippen molar-refractivity contribution >= 4 is 0 Å². The quantitative estimate of drug-likeness (QED) is 0.735. The molecule has 1 fully saturated rings. The van der Waals surface area contributed by atoms with Crippen LogP contribution in [0.3, 0.4) is 0 Å². The Kier molecular flexibility index (Phi) is 4.35. The average Bonchev–Trinajstić information content (AvgIpc) is 2.46. The summed E-state index contributed by atoms with van der Waals surface area (Å²) in [6.07, 6.45) is 1.26. The number of nitrogens with one attached hydrogen (secondary N) is 1. The molecule has 0 bridgehead atoms. The van der Waals surface area contributed by atoms with Gasteiger partial charge in [-0.15, -0.1) is 0 Å². The fourth-order valence-corrected chi connectivity index (χ4v) is 1.99. The molecule has 1 atom stereocenters. The number of nitrogens with zero attached hydrogens (tertiary/aromatic N) is 1. The Balaban J connectivity index is 2.20. The minimum absolute atomic E-state index is 0.238. The predicted octanol–water partition coefficient (Wildman–Crippen LogP) is 1.10. The fraction of sp³-hybridized carbons (Fsp3) is 1.00. The van der Waals surface area contributed by atoms with Crippen molar-refractivity contribution in [1.82, 2.24) is 10.2 Å². The van der Waals surface area contributed by atoms with Crippen molar-refractivity contribution in [1.29, 1.82) is 0 Å². The lowest BCUT2D eigenvalue weighted by Gasteiger charge is -2.26. The Bertz CT molecular complexity index is 165. The first-order chi connectivity index (χ1) is 6.51. The molecule has 3 heteroatoms. The van der Waals surface area contributed by atoms with E-state index in [-0.39, 0.29) is 5.54 Å². The Labute approximate surface area is 87.8 Å². The molecular weight excluding hydrogens is 176 g/mol. The maximum atomic E-state index is 5.08. The van der Waals surface area contributed by atoms with Crippen molar-refractivity contribution in [2.75, 3.05) is 33.4 Å². The summed E-state index contributed by atoms with van der Waals surface area (Å²) >= 11 is 0. The van der Waals surface area contributed by atoms with Gasteiger partial charge in [0.05, 0.1) is 6.61 Å². The average molecular weight is 200 g/mol. The number of hydrogen-bond acceptors (Lipinski definition) is 3. The van der Waals surface area contributed by atoms with E-state index in [4.69, 9.17) is 4.74 Å². The Morgan fingerprint density at radius 1 is 1.43 bits per heavy atom. The number of ether oxygens (including phenoxy) is 1. The van der Waals surface area contributed by atoms with Crippen molar-refractivity contribution in [2.45, 2.75) is 38.8 Å². The van der Waals surface area contributed by atoms with E-state index in [9.17, 15) is 0 Å². The number of methoxy groups -OCH3 is 1. The van der Waals surface area contributed by atoms with Gasteiger partial charge in [-0.05, 0) is 33.7 Å². The van der Waals surface area contributed by atoms with Crippen LogP contribution < -0.4 is 5.32 Å². The van der Waals surface area contributed by atoms with E-state index in [2.05, 4.69) is 31.0 Å². The minimum atomic E-state index is 0.238. The largest absolute Gasteiger partial charge is 0.383 e. The predicted molar refractivity (Wildman–Crippen MR) is 59.6 cm³/mol. The van der Waals surface area contributed by atoms with Gasteiger partial charge < -0.3 is 10.1 Å². The van der Waals surface area contributed by atoms with Gasteiger partial charge in [-0.1, -0.05) is 0 Å². The second-order valence-electron chi connectivity index (χ2n) is 5.17. The molecule has 0 amide bonds. The van der Waals surface area contributed by atoms with E-state index in [1.165, 1.54) is 19.5 Å². The van der Waals surface area contributed by atoms with Gasteiger partial charge in [0.1, 0.15) is 0 Å². The van der Waals surface area contributed by atoms with Crippen LogP contribution in [0.5, 0.6) is 0 Å². The third-order valence-electron chi connectivity index (χ3n) is 2.52. The normalized spacial score (nSPS) is 24.4. The van der Waals surface area contributed by atoms with Gasteiger partial charge in [0.2, 0.25) is 0 Å². The number of hydrogen-bond donors (Lipinski definition) is 1. The van der Waals surface area contributed by atoms with Crippen LogP contribution >= 0.6 is 0 Å². The number of likely N-dealkylation sites (tertiary alicyclic amines) is 1. The van der Waals surface area contributed by atoms with Crippen molar-refractivity contribution in [3.63, 3.8) is 0 Å². The molecule has 0 aromatic heterocycles. The SMILES string of the molecule is COCCN1CC[C@H](NC(C)(C)C)C1. The van der Waals surface area contributed by atoms with E-state index < -0.39 is 0 Å². The first kappa shape index (κ1) is 12.0. The molecule has 1 heterocycles. The molecule has 1 aliphatic rings. The summed E-state index contributed by atoms with van der Waals surface area (Å²) in [5.74, 6) is 0. The van der Waals surface area contributed by atoms with Crippen LogP contribution in [0.1, 0.15) is 27.2 Å². The lowest BCUT2D eigenvalue weighted by atomic mass is 10.1. The topological polar surface area (TPSA) is 24.5 Å². The van der Waals surface area contributed by atoms with Gasteiger partial charge >= 0.3 is 0 Å². The second kappa shape index (κ2) is 5.10. The van der Waals surface area contributed by atoms with Crippen LogP contribution in [0.15, 0.2) is 0 Å². The van der Waals surface area contributed by atoms with Crippen LogP contribution in [-0.4, -0.2) is 49.8 Å². The van der Waals surface area contributed by atoms with E-state index >= 15 is 0 Å². The maximum absolute atomic E-state index is 5.08. The molecule has 0 unspecified atom stereocenters. The highest BCUT2D eigenvalue weighted by Crippen LogP contribution is 2.12. The zero-order valence-corrected chi connectivity index (χ0v) is 9.97. The lowest BCUT2D eigenvalue weighted by molar-refractivity contribution is 0.159. The standard InChI is InChI=1S/C11H24N2O/c1-11(2,3)12-10-5-6-13(9-10)7-8-14-4/h10,12H,5-9H2,1-4H3/t10-/m0/s1. The number of rotatable bonds is 4. The van der Waals surface area contributed by atoms with E-state index in [0.29, 0.717) is 6.04 Å². The lowest BCUT2D eigenvalue weighted by Crippen LogP contribution is -2.45. The minimum Gasteiger partial charge on any atom is -0.383 e. The zero-order valence-electron chi connectivity index (χ0n) is 9.97. The first-order valence-electron chi connectivity index (χ1n) is 5.50. The molecule has 0 saturated carbocycles. The molecule has 0 aromatic carbocycles. The molecule has 14 heavy (non-hydrogen) atoms. The highest BCUT2D eigenvalue weighted by Gasteiger charge is 2.25. The van der Waals surface area contributed by atoms with Gasteiger partial charge in [-0.25, -0.2) is 0 Å². The summed E-state index contributed by atoms with van der Waals surface area (Å²) in [6, 6.07) is 0.659.